The fourth-order valence-corrected chi connectivity index (χ4v) is 4.62. The molecule has 232 valence electrons. The van der Waals surface area contributed by atoms with Crippen molar-refractivity contribution in [1.82, 2.24) is 34.8 Å². The van der Waals surface area contributed by atoms with Gasteiger partial charge in [0.25, 0.3) is 17.6 Å². The van der Waals surface area contributed by atoms with Crippen molar-refractivity contribution < 1.29 is 40.7 Å². The van der Waals surface area contributed by atoms with Gasteiger partial charge in [-0.1, -0.05) is 23.2 Å². The highest BCUT2D eigenvalue weighted by Gasteiger charge is 2.44. The lowest BCUT2D eigenvalue weighted by Gasteiger charge is -2.27. The molecule has 0 atom stereocenters. The quantitative estimate of drug-likeness (QED) is 0.268. The molecule has 3 aromatic heterocycles. The van der Waals surface area contributed by atoms with E-state index in [-0.39, 0.29) is 49.2 Å². The zero-order valence-corrected chi connectivity index (χ0v) is 23.6. The number of hydrogen-bond acceptors (Lipinski definition) is 7. The number of alkyl halides is 6. The Kier molecular flexibility index (Phi) is 8.30. The van der Waals surface area contributed by atoms with Crippen LogP contribution in [-0.2, 0) is 23.6 Å². The Morgan fingerprint density at radius 3 is 2.39 bits per heavy atom. The van der Waals surface area contributed by atoms with Crippen LogP contribution in [-0.4, -0.2) is 60.6 Å². The largest absolute Gasteiger partial charge is 0.453 e. The van der Waals surface area contributed by atoms with Gasteiger partial charge < -0.3 is 15.4 Å². The molecule has 19 heteroatoms. The summed E-state index contributed by atoms with van der Waals surface area (Å²) in [6.45, 7) is 1.20. The molecular formula is C25H18Cl2F6N8O3. The first-order valence-electron chi connectivity index (χ1n) is 12.4. The van der Waals surface area contributed by atoms with Crippen LogP contribution in [0.3, 0.4) is 0 Å². The third-order valence-corrected chi connectivity index (χ3v) is 6.69. The van der Waals surface area contributed by atoms with E-state index in [1.807, 2.05) is 0 Å². The number of anilines is 1. The van der Waals surface area contributed by atoms with Crippen molar-refractivity contribution in [2.24, 2.45) is 0 Å². The fourth-order valence-electron chi connectivity index (χ4n) is 4.15. The maximum Gasteiger partial charge on any atom is 0.453 e. The summed E-state index contributed by atoms with van der Waals surface area (Å²) < 4.78 is 86.0. The molecule has 11 nitrogen and oxygen atoms in total. The van der Waals surface area contributed by atoms with Gasteiger partial charge in [0.2, 0.25) is 5.82 Å². The van der Waals surface area contributed by atoms with Crippen molar-refractivity contribution in [3.63, 3.8) is 0 Å². The van der Waals surface area contributed by atoms with E-state index in [1.165, 1.54) is 30.5 Å². The second-order valence-corrected chi connectivity index (χ2v) is 10.3. The first-order chi connectivity index (χ1) is 20.6. The Morgan fingerprint density at radius 2 is 1.77 bits per heavy atom. The second kappa shape index (κ2) is 11.7. The van der Waals surface area contributed by atoms with Gasteiger partial charge in [-0.2, -0.15) is 36.4 Å². The molecular weight excluding hydrogens is 645 g/mol. The molecule has 0 spiro atoms. The van der Waals surface area contributed by atoms with Gasteiger partial charge >= 0.3 is 12.4 Å². The predicted octanol–water partition coefficient (Wildman–Crippen LogP) is 4.94. The molecule has 4 aromatic rings. The molecule has 2 amide bonds. The summed E-state index contributed by atoms with van der Waals surface area (Å²) in [5, 5.41) is 12.6. The lowest BCUT2D eigenvalue weighted by Crippen LogP contribution is -2.48. The van der Waals surface area contributed by atoms with E-state index >= 15 is 0 Å². The summed E-state index contributed by atoms with van der Waals surface area (Å²) in [5.74, 6) is -5.53. The number of nitrogens with zero attached hydrogens (tertiary/aromatic N) is 6. The monoisotopic (exact) mass is 662 g/mol. The Bertz CT molecular complexity index is 1750. The summed E-state index contributed by atoms with van der Waals surface area (Å²) in [6.07, 6.45) is -9.25. The van der Waals surface area contributed by atoms with E-state index in [1.54, 1.807) is 6.92 Å². The number of carbonyl (C=O) groups is 2. The van der Waals surface area contributed by atoms with Gasteiger partial charge in [0, 0.05) is 11.2 Å². The van der Waals surface area contributed by atoms with Gasteiger partial charge in [-0.3, -0.25) is 9.59 Å². The maximum atomic E-state index is 13.7. The maximum absolute atomic E-state index is 13.7. The van der Waals surface area contributed by atoms with Crippen LogP contribution in [0.2, 0.25) is 10.0 Å². The lowest BCUT2D eigenvalue weighted by molar-refractivity contribution is -0.150. The van der Waals surface area contributed by atoms with Crippen LogP contribution >= 0.6 is 23.2 Å². The Hall–Kier alpha value is -4.22. The van der Waals surface area contributed by atoms with E-state index in [4.69, 9.17) is 27.9 Å². The minimum absolute atomic E-state index is 0.00882. The molecule has 0 saturated carbocycles. The van der Waals surface area contributed by atoms with Crippen molar-refractivity contribution in [1.29, 1.82) is 0 Å². The summed E-state index contributed by atoms with van der Waals surface area (Å²) in [7, 11) is 0. The van der Waals surface area contributed by atoms with Crippen LogP contribution in [0.1, 0.15) is 43.8 Å². The van der Waals surface area contributed by atoms with Gasteiger partial charge in [-0.15, -0.1) is 5.10 Å². The molecule has 0 aliphatic carbocycles. The van der Waals surface area contributed by atoms with Gasteiger partial charge in [0.05, 0.1) is 47.8 Å². The number of hydrogen-bond donors (Lipinski definition) is 2. The average molecular weight is 663 g/mol. The number of rotatable bonds is 7. The third kappa shape index (κ3) is 6.48. The molecule has 0 bridgehead atoms. The zero-order valence-electron chi connectivity index (χ0n) is 22.1. The molecule has 4 heterocycles. The Morgan fingerprint density at radius 1 is 1.05 bits per heavy atom. The van der Waals surface area contributed by atoms with E-state index in [0.717, 1.165) is 10.7 Å². The van der Waals surface area contributed by atoms with Gasteiger partial charge in [-0.05, 0) is 42.8 Å². The minimum Gasteiger partial charge on any atom is -0.377 e. The average Bonchev–Trinajstić information content (AvgIpc) is 3.53. The van der Waals surface area contributed by atoms with Crippen molar-refractivity contribution in [3.8, 4) is 5.82 Å². The summed E-state index contributed by atoms with van der Waals surface area (Å²) >= 11 is 12.4. The van der Waals surface area contributed by atoms with Crippen LogP contribution in [0.5, 0.6) is 0 Å². The second-order valence-electron chi connectivity index (χ2n) is 9.46. The topological polar surface area (TPSA) is 129 Å². The summed E-state index contributed by atoms with van der Waals surface area (Å²) in [6, 6.07) is 6.45. The number of benzene rings is 1. The Balaban J connectivity index is 1.55. The normalized spacial score (nSPS) is 13.9. The third-order valence-electron chi connectivity index (χ3n) is 6.18. The van der Waals surface area contributed by atoms with Crippen molar-refractivity contribution >= 4 is 40.7 Å². The number of amides is 2. The molecule has 2 N–H and O–H groups in total. The van der Waals surface area contributed by atoms with Gasteiger partial charge in [0.15, 0.2) is 5.82 Å². The SMILES string of the molecule is Cc1cc(Cl)cc(C(=O)NC2COC2)c1NC(=O)c1cc(Cn2nc(C(F)(F)F)nc2C(F)(F)F)nn1-c1ncccc1Cl. The molecule has 1 aromatic carbocycles. The number of carbonyl (C=O) groups excluding carboxylic acids is 2. The zero-order chi connectivity index (χ0) is 32.0. The lowest BCUT2D eigenvalue weighted by atomic mass is 10.1. The summed E-state index contributed by atoms with van der Waals surface area (Å²) in [5.41, 5.74) is -0.200. The van der Waals surface area contributed by atoms with Gasteiger partial charge in [-0.25, -0.2) is 14.3 Å². The predicted molar refractivity (Wildman–Crippen MR) is 142 cm³/mol. The fraction of sp³-hybridized carbons (Fsp3) is 0.280. The molecule has 1 fully saturated rings. The number of aromatic nitrogens is 6. The van der Waals surface area contributed by atoms with Crippen molar-refractivity contribution in [2.45, 2.75) is 31.9 Å². The van der Waals surface area contributed by atoms with Crippen LogP contribution in [0.25, 0.3) is 5.82 Å². The van der Waals surface area contributed by atoms with E-state index in [9.17, 15) is 35.9 Å². The van der Waals surface area contributed by atoms with Crippen LogP contribution in [0, 0.1) is 6.92 Å². The van der Waals surface area contributed by atoms with E-state index in [0.29, 0.717) is 18.8 Å². The molecule has 1 aliphatic rings. The number of nitrogens with one attached hydrogen (secondary N) is 2. The number of halogens is 8. The van der Waals surface area contributed by atoms with Crippen molar-refractivity contribution in [2.75, 3.05) is 18.5 Å². The van der Waals surface area contributed by atoms with Crippen LogP contribution < -0.4 is 10.6 Å². The first-order valence-corrected chi connectivity index (χ1v) is 13.2. The molecule has 0 unspecified atom stereocenters. The Labute approximate surface area is 253 Å². The minimum atomic E-state index is -5.29. The molecule has 1 saturated heterocycles. The summed E-state index contributed by atoms with van der Waals surface area (Å²) in [4.78, 5) is 33.3. The smallest absolute Gasteiger partial charge is 0.377 e. The van der Waals surface area contributed by atoms with Crippen LogP contribution in [0.15, 0.2) is 36.5 Å². The number of ether oxygens (including phenoxy) is 1. The number of pyridine rings is 1. The molecule has 5 rings (SSSR count). The van der Waals surface area contributed by atoms with Crippen LogP contribution in [0.4, 0.5) is 32.0 Å². The molecule has 1 aliphatic heterocycles. The highest BCUT2D eigenvalue weighted by atomic mass is 35.5. The van der Waals surface area contributed by atoms with Crippen molar-refractivity contribution in [3.05, 3.63) is 80.7 Å². The first kappa shape index (κ1) is 31.2. The van der Waals surface area contributed by atoms with Gasteiger partial charge in [0.1, 0.15) is 5.69 Å². The van der Waals surface area contributed by atoms with E-state index in [2.05, 4.69) is 30.8 Å². The molecule has 44 heavy (non-hydrogen) atoms. The molecule has 0 radical (unpaired) electrons. The highest BCUT2D eigenvalue weighted by Crippen LogP contribution is 2.33. The van der Waals surface area contributed by atoms with E-state index < -0.39 is 42.4 Å². The highest BCUT2D eigenvalue weighted by molar-refractivity contribution is 6.32. The number of aryl methyl sites for hydroxylation is 1. The standard InChI is InChI=1S/C25H18Cl2F6N8O3/c1-11-5-12(26)6-15(20(42)35-14-9-44-10-14)18(11)36-21(43)17-7-13(38-41(17)19-16(27)3-2-4-34-19)8-40-23(25(31,32)33)37-22(39-40)24(28,29)30/h2-7,14H,8-10H2,1H3,(H,35,42)(H,36,43).